The van der Waals surface area contributed by atoms with Crippen molar-refractivity contribution in [1.82, 2.24) is 4.98 Å². The number of thiol groups is 1. The van der Waals surface area contributed by atoms with Crippen molar-refractivity contribution in [3.8, 4) is 0 Å². The Balaban J connectivity index is 2.96. The molecule has 0 amide bonds. The number of pyridine rings is 1. The molecule has 1 rings (SSSR count). The highest BCUT2D eigenvalue weighted by Crippen LogP contribution is 2.12. The van der Waals surface area contributed by atoms with E-state index >= 15 is 0 Å². The summed E-state index contributed by atoms with van der Waals surface area (Å²) < 4.78 is 1.76. The molecular weight excluding hydrogens is 144 g/mol. The van der Waals surface area contributed by atoms with Gasteiger partial charge in [0.2, 0.25) is 0 Å². The minimum Gasteiger partial charge on any atom is -0.322 e. The molecule has 0 aliphatic rings. The maximum absolute atomic E-state index is 4.14. The summed E-state index contributed by atoms with van der Waals surface area (Å²) in [7, 11) is 1.89. The SMILES string of the molecule is Cc1cc(N(C)S)ccn1. The van der Waals surface area contributed by atoms with E-state index in [9.17, 15) is 0 Å². The van der Waals surface area contributed by atoms with Crippen LogP contribution in [0.3, 0.4) is 0 Å². The van der Waals surface area contributed by atoms with Gasteiger partial charge in [0.25, 0.3) is 0 Å². The van der Waals surface area contributed by atoms with Gasteiger partial charge in [-0.3, -0.25) is 4.98 Å². The molecule has 0 aliphatic carbocycles. The Morgan fingerprint density at radius 3 is 2.70 bits per heavy atom. The van der Waals surface area contributed by atoms with E-state index in [1.54, 1.807) is 10.5 Å². The first-order chi connectivity index (χ1) is 4.70. The molecule has 0 aromatic carbocycles. The van der Waals surface area contributed by atoms with Crippen molar-refractivity contribution in [3.63, 3.8) is 0 Å². The minimum absolute atomic E-state index is 1.01. The van der Waals surface area contributed by atoms with Crippen LogP contribution in [0.25, 0.3) is 0 Å². The van der Waals surface area contributed by atoms with E-state index in [-0.39, 0.29) is 0 Å². The number of aryl methyl sites for hydroxylation is 1. The Morgan fingerprint density at radius 1 is 1.60 bits per heavy atom. The maximum atomic E-state index is 4.14. The topological polar surface area (TPSA) is 16.1 Å². The van der Waals surface area contributed by atoms with Gasteiger partial charge >= 0.3 is 0 Å². The van der Waals surface area contributed by atoms with Gasteiger partial charge < -0.3 is 4.31 Å². The minimum atomic E-state index is 1.01. The maximum Gasteiger partial charge on any atom is 0.0497 e. The average Bonchev–Trinajstić information content (AvgIpc) is 1.88. The van der Waals surface area contributed by atoms with Crippen LogP contribution in [0.4, 0.5) is 5.69 Å². The molecule has 0 spiro atoms. The van der Waals surface area contributed by atoms with E-state index in [2.05, 4.69) is 17.8 Å². The molecule has 0 radical (unpaired) electrons. The average molecular weight is 154 g/mol. The van der Waals surface area contributed by atoms with Gasteiger partial charge in [-0.05, 0) is 19.1 Å². The Bertz CT molecular complexity index is 223. The summed E-state index contributed by atoms with van der Waals surface area (Å²) in [4.78, 5) is 4.06. The molecule has 0 N–H and O–H groups in total. The first kappa shape index (κ1) is 7.41. The highest BCUT2D eigenvalue weighted by molar-refractivity contribution is 7.81. The zero-order valence-electron chi connectivity index (χ0n) is 6.07. The van der Waals surface area contributed by atoms with Crippen molar-refractivity contribution in [2.45, 2.75) is 6.92 Å². The van der Waals surface area contributed by atoms with E-state index in [1.165, 1.54) is 0 Å². The molecule has 0 unspecified atom stereocenters. The molecule has 0 fully saturated rings. The largest absolute Gasteiger partial charge is 0.322 e. The zero-order valence-corrected chi connectivity index (χ0v) is 6.97. The van der Waals surface area contributed by atoms with Gasteiger partial charge in [-0.25, -0.2) is 0 Å². The molecule has 0 atom stereocenters. The molecule has 0 saturated heterocycles. The third kappa shape index (κ3) is 1.64. The molecule has 0 bridgehead atoms. The third-order valence-electron chi connectivity index (χ3n) is 1.25. The number of rotatable bonds is 1. The van der Waals surface area contributed by atoms with Crippen LogP contribution in [0.1, 0.15) is 5.69 Å². The van der Waals surface area contributed by atoms with Crippen LogP contribution in [0.2, 0.25) is 0 Å². The molecule has 0 saturated carbocycles. The fourth-order valence-corrected chi connectivity index (χ4v) is 0.856. The zero-order chi connectivity index (χ0) is 7.56. The van der Waals surface area contributed by atoms with Crippen molar-refractivity contribution in [3.05, 3.63) is 24.0 Å². The van der Waals surface area contributed by atoms with Gasteiger partial charge in [-0.2, -0.15) is 0 Å². The number of nitrogens with zero attached hydrogens (tertiary/aromatic N) is 2. The Labute approximate surface area is 66.4 Å². The summed E-state index contributed by atoms with van der Waals surface area (Å²) in [6.07, 6.45) is 1.78. The molecule has 54 valence electrons. The lowest BCUT2D eigenvalue weighted by Gasteiger charge is -2.09. The molecule has 1 heterocycles. The van der Waals surface area contributed by atoms with Gasteiger partial charge in [0, 0.05) is 24.6 Å². The summed E-state index contributed by atoms with van der Waals surface area (Å²) in [5, 5.41) is 0. The lowest BCUT2D eigenvalue weighted by Crippen LogP contribution is -2.00. The normalized spacial score (nSPS) is 9.50. The Hall–Kier alpha value is -0.700. The second kappa shape index (κ2) is 2.92. The van der Waals surface area contributed by atoms with Crippen LogP contribution in [0.15, 0.2) is 18.3 Å². The summed E-state index contributed by atoms with van der Waals surface area (Å²) in [6.45, 7) is 1.96. The van der Waals surface area contributed by atoms with E-state index in [0.29, 0.717) is 0 Å². The molecule has 10 heavy (non-hydrogen) atoms. The standard InChI is InChI=1S/C7H10N2S/c1-6-5-7(9(2)10)3-4-8-6/h3-5,10H,1-2H3. The smallest absolute Gasteiger partial charge is 0.0497 e. The number of hydrogen-bond donors (Lipinski definition) is 1. The van der Waals surface area contributed by atoms with Crippen LogP contribution in [0, 0.1) is 6.92 Å². The highest BCUT2D eigenvalue weighted by Gasteiger charge is 1.93. The molecule has 1 aromatic rings. The first-order valence-corrected chi connectivity index (χ1v) is 3.45. The fourth-order valence-electron chi connectivity index (χ4n) is 0.732. The number of hydrogen-bond acceptors (Lipinski definition) is 3. The summed E-state index contributed by atoms with van der Waals surface area (Å²) in [5.41, 5.74) is 2.08. The molecule has 0 aliphatic heterocycles. The van der Waals surface area contributed by atoms with Gasteiger partial charge in [0.1, 0.15) is 0 Å². The van der Waals surface area contributed by atoms with Crippen LogP contribution in [-0.2, 0) is 0 Å². The van der Waals surface area contributed by atoms with E-state index in [1.807, 2.05) is 26.1 Å². The van der Waals surface area contributed by atoms with E-state index in [4.69, 9.17) is 0 Å². The predicted molar refractivity (Wildman–Crippen MR) is 46.4 cm³/mol. The Kier molecular flexibility index (Phi) is 2.17. The van der Waals surface area contributed by atoms with Gasteiger partial charge in [0.15, 0.2) is 0 Å². The van der Waals surface area contributed by atoms with E-state index in [0.717, 1.165) is 11.4 Å². The second-order valence-corrected chi connectivity index (χ2v) is 2.78. The van der Waals surface area contributed by atoms with Gasteiger partial charge in [-0.1, -0.05) is 12.8 Å². The van der Waals surface area contributed by atoms with Crippen LogP contribution in [-0.4, -0.2) is 12.0 Å². The first-order valence-electron chi connectivity index (χ1n) is 3.05. The lowest BCUT2D eigenvalue weighted by molar-refractivity contribution is 1.18. The lowest BCUT2D eigenvalue weighted by atomic mass is 10.3. The second-order valence-electron chi connectivity index (χ2n) is 2.18. The van der Waals surface area contributed by atoms with Crippen LogP contribution >= 0.6 is 12.8 Å². The van der Waals surface area contributed by atoms with Crippen LogP contribution < -0.4 is 4.31 Å². The summed E-state index contributed by atoms with van der Waals surface area (Å²) >= 11 is 4.14. The fraction of sp³-hybridized carbons (Fsp3) is 0.286. The third-order valence-corrected chi connectivity index (χ3v) is 1.48. The quantitative estimate of drug-likeness (QED) is 0.619. The van der Waals surface area contributed by atoms with Crippen molar-refractivity contribution >= 4 is 18.5 Å². The number of anilines is 1. The molecule has 1 aromatic heterocycles. The van der Waals surface area contributed by atoms with Crippen molar-refractivity contribution in [1.29, 1.82) is 0 Å². The molecule has 2 nitrogen and oxygen atoms in total. The predicted octanol–water partition coefficient (Wildman–Crippen LogP) is 1.67. The Morgan fingerprint density at radius 2 is 2.30 bits per heavy atom. The van der Waals surface area contributed by atoms with Crippen molar-refractivity contribution in [2.24, 2.45) is 0 Å². The number of aromatic nitrogens is 1. The molecular formula is C7H10N2S. The van der Waals surface area contributed by atoms with Crippen molar-refractivity contribution < 1.29 is 0 Å². The summed E-state index contributed by atoms with van der Waals surface area (Å²) in [5.74, 6) is 0. The molecule has 3 heteroatoms. The van der Waals surface area contributed by atoms with E-state index < -0.39 is 0 Å². The van der Waals surface area contributed by atoms with Gasteiger partial charge in [-0.15, -0.1) is 0 Å². The van der Waals surface area contributed by atoms with Crippen molar-refractivity contribution in [2.75, 3.05) is 11.4 Å². The van der Waals surface area contributed by atoms with Crippen LogP contribution in [0.5, 0.6) is 0 Å². The highest BCUT2D eigenvalue weighted by atomic mass is 32.1. The summed E-state index contributed by atoms with van der Waals surface area (Å²) in [6, 6.07) is 3.90. The monoisotopic (exact) mass is 154 g/mol. The van der Waals surface area contributed by atoms with Gasteiger partial charge in [0.05, 0.1) is 0 Å².